The Hall–Kier alpha value is -2.79. The van der Waals surface area contributed by atoms with Gasteiger partial charge in [0.15, 0.2) is 5.65 Å². The predicted octanol–water partition coefficient (Wildman–Crippen LogP) is 2.34. The topological polar surface area (TPSA) is 102 Å². The third-order valence-electron chi connectivity index (χ3n) is 6.32. The van der Waals surface area contributed by atoms with E-state index in [0.29, 0.717) is 49.7 Å². The molecule has 0 bridgehead atoms. The molecule has 2 aromatic heterocycles. The van der Waals surface area contributed by atoms with Crippen LogP contribution in [0.25, 0.3) is 5.65 Å². The van der Waals surface area contributed by atoms with E-state index in [0.717, 1.165) is 29.7 Å². The fraction of sp³-hybridized carbons (Fsp3) is 0.476. The van der Waals surface area contributed by atoms with Gasteiger partial charge in [-0.3, -0.25) is 4.40 Å². The number of fused-ring (bicyclic) bond motifs is 2. The van der Waals surface area contributed by atoms with Crippen molar-refractivity contribution in [2.45, 2.75) is 38.1 Å². The van der Waals surface area contributed by atoms with Crippen molar-refractivity contribution < 1.29 is 17.5 Å². The number of hydrogen-bond donors (Lipinski definition) is 1. The maximum Gasteiger partial charge on any atom is 0.211 e. The summed E-state index contributed by atoms with van der Waals surface area (Å²) in [4.78, 5) is 4.58. The molecule has 0 unspecified atom stereocenters. The lowest BCUT2D eigenvalue weighted by Crippen LogP contribution is -2.30. The van der Waals surface area contributed by atoms with Crippen LogP contribution in [0.15, 0.2) is 24.7 Å². The lowest BCUT2D eigenvalue weighted by molar-refractivity contribution is 0.356. The first-order valence-electron chi connectivity index (χ1n) is 10.7. The van der Waals surface area contributed by atoms with E-state index in [1.165, 1.54) is 16.6 Å². The molecule has 2 aliphatic rings. The number of rotatable bonds is 5. The minimum absolute atomic E-state index is 0.141. The third kappa shape index (κ3) is 3.90. The molecule has 1 atom stereocenters. The SMILES string of the molecule is CS(=O)(=O)N1CCC[C@@H](c2cnc(NCc3c(F)ccc4c3CCO4)n3cnnc23)CC1. The van der Waals surface area contributed by atoms with Crippen molar-refractivity contribution in [3.05, 3.63) is 47.2 Å². The molecule has 0 saturated carbocycles. The molecule has 0 radical (unpaired) electrons. The van der Waals surface area contributed by atoms with Gasteiger partial charge >= 0.3 is 0 Å². The monoisotopic (exact) mass is 460 g/mol. The van der Waals surface area contributed by atoms with Crippen LogP contribution in [0.3, 0.4) is 0 Å². The Balaban J connectivity index is 1.38. The van der Waals surface area contributed by atoms with Gasteiger partial charge in [0.25, 0.3) is 0 Å². The van der Waals surface area contributed by atoms with Gasteiger partial charge in [-0.2, -0.15) is 0 Å². The summed E-state index contributed by atoms with van der Waals surface area (Å²) in [6.07, 6.45) is 7.63. The number of ether oxygens (including phenoxy) is 1. The van der Waals surface area contributed by atoms with Crippen LogP contribution in [-0.2, 0) is 23.0 Å². The van der Waals surface area contributed by atoms with E-state index >= 15 is 0 Å². The van der Waals surface area contributed by atoms with Gasteiger partial charge in [-0.05, 0) is 37.3 Å². The zero-order valence-corrected chi connectivity index (χ0v) is 18.6. The molecule has 0 spiro atoms. The Morgan fingerprint density at radius 3 is 3.00 bits per heavy atom. The van der Waals surface area contributed by atoms with Crippen molar-refractivity contribution in [2.24, 2.45) is 0 Å². The third-order valence-corrected chi connectivity index (χ3v) is 7.62. The molecule has 1 saturated heterocycles. The first-order chi connectivity index (χ1) is 15.4. The number of sulfonamides is 1. The molecule has 4 heterocycles. The summed E-state index contributed by atoms with van der Waals surface area (Å²) in [5.74, 6) is 1.13. The standard InChI is InChI=1S/C21H25FN6O3S/c1-32(29,30)27-8-2-3-14(6-9-27)16-11-23-21(28-13-25-26-20(16)28)24-12-17-15-7-10-31-19(15)5-4-18(17)22/h4-5,11,13-14H,2-3,6-10,12H2,1H3,(H,23,24)/t14-/m1/s1. The van der Waals surface area contributed by atoms with Crippen LogP contribution in [-0.4, -0.2) is 58.3 Å². The molecule has 1 N–H and O–H groups in total. The molecule has 3 aromatic rings. The smallest absolute Gasteiger partial charge is 0.211 e. The maximum absolute atomic E-state index is 14.5. The van der Waals surface area contributed by atoms with Gasteiger partial charge in [0, 0.05) is 48.9 Å². The minimum atomic E-state index is -3.20. The Labute approximate surface area is 185 Å². The zero-order valence-electron chi connectivity index (χ0n) is 17.8. The highest BCUT2D eigenvalue weighted by molar-refractivity contribution is 7.88. The van der Waals surface area contributed by atoms with Crippen LogP contribution in [0.1, 0.15) is 41.9 Å². The normalized spacial score (nSPS) is 19.5. The number of hydrogen-bond acceptors (Lipinski definition) is 7. The number of nitrogens with one attached hydrogen (secondary N) is 1. The summed E-state index contributed by atoms with van der Waals surface area (Å²) in [6, 6.07) is 3.10. The van der Waals surface area contributed by atoms with Gasteiger partial charge < -0.3 is 10.1 Å². The van der Waals surface area contributed by atoms with E-state index in [-0.39, 0.29) is 18.3 Å². The van der Waals surface area contributed by atoms with Crippen LogP contribution < -0.4 is 10.1 Å². The van der Waals surface area contributed by atoms with Gasteiger partial charge in [0.2, 0.25) is 16.0 Å². The van der Waals surface area contributed by atoms with Gasteiger partial charge in [-0.25, -0.2) is 22.1 Å². The van der Waals surface area contributed by atoms with Crippen LogP contribution in [0.4, 0.5) is 10.3 Å². The molecule has 11 heteroatoms. The van der Waals surface area contributed by atoms with E-state index in [2.05, 4.69) is 20.5 Å². The quantitative estimate of drug-likeness (QED) is 0.624. The first kappa shape index (κ1) is 21.1. The molecule has 1 aromatic carbocycles. The van der Waals surface area contributed by atoms with Crippen molar-refractivity contribution in [2.75, 3.05) is 31.3 Å². The fourth-order valence-electron chi connectivity index (χ4n) is 4.64. The summed E-state index contributed by atoms with van der Waals surface area (Å²) >= 11 is 0. The Morgan fingerprint density at radius 2 is 2.16 bits per heavy atom. The van der Waals surface area contributed by atoms with Gasteiger partial charge in [0.05, 0.1) is 12.9 Å². The highest BCUT2D eigenvalue weighted by Gasteiger charge is 2.26. The summed E-state index contributed by atoms with van der Waals surface area (Å²) in [7, 11) is -3.20. The molecule has 5 rings (SSSR count). The lowest BCUT2D eigenvalue weighted by atomic mass is 9.94. The first-order valence-corrected chi connectivity index (χ1v) is 12.6. The van der Waals surface area contributed by atoms with Crippen LogP contribution in [0.2, 0.25) is 0 Å². The van der Waals surface area contributed by atoms with E-state index in [1.54, 1.807) is 23.0 Å². The van der Waals surface area contributed by atoms with Crippen molar-refractivity contribution in [3.63, 3.8) is 0 Å². The highest BCUT2D eigenvalue weighted by atomic mass is 32.2. The van der Waals surface area contributed by atoms with Crippen molar-refractivity contribution >= 4 is 21.6 Å². The van der Waals surface area contributed by atoms with Crippen molar-refractivity contribution in [1.29, 1.82) is 0 Å². The summed E-state index contributed by atoms with van der Waals surface area (Å²) in [6.45, 7) is 1.84. The summed E-state index contributed by atoms with van der Waals surface area (Å²) in [5, 5.41) is 11.6. The fourth-order valence-corrected chi connectivity index (χ4v) is 5.54. The largest absolute Gasteiger partial charge is 0.493 e. The Kier molecular flexibility index (Phi) is 5.46. The van der Waals surface area contributed by atoms with Crippen LogP contribution >= 0.6 is 0 Å². The van der Waals surface area contributed by atoms with Crippen LogP contribution in [0.5, 0.6) is 5.75 Å². The number of anilines is 1. The maximum atomic E-state index is 14.5. The van der Waals surface area contributed by atoms with Crippen molar-refractivity contribution in [3.8, 4) is 5.75 Å². The second-order valence-corrected chi connectivity index (χ2v) is 10.3. The Bertz CT molecular complexity index is 1260. The molecular weight excluding hydrogens is 435 g/mol. The number of benzene rings is 1. The second kappa shape index (κ2) is 8.28. The van der Waals surface area contributed by atoms with E-state index in [1.807, 2.05) is 0 Å². The molecule has 32 heavy (non-hydrogen) atoms. The van der Waals surface area contributed by atoms with Gasteiger partial charge in [-0.1, -0.05) is 0 Å². The number of nitrogens with zero attached hydrogens (tertiary/aromatic N) is 5. The average molecular weight is 461 g/mol. The minimum Gasteiger partial charge on any atom is -0.493 e. The second-order valence-electron chi connectivity index (χ2n) is 8.31. The summed E-state index contributed by atoms with van der Waals surface area (Å²) in [5.41, 5.74) is 3.10. The lowest BCUT2D eigenvalue weighted by Gasteiger charge is -2.18. The van der Waals surface area contributed by atoms with E-state index in [4.69, 9.17) is 4.74 Å². The van der Waals surface area contributed by atoms with Crippen LogP contribution in [0, 0.1) is 5.82 Å². The molecule has 0 aliphatic carbocycles. The molecular formula is C21H25FN6O3S. The molecule has 2 aliphatic heterocycles. The Morgan fingerprint density at radius 1 is 1.28 bits per heavy atom. The van der Waals surface area contributed by atoms with Gasteiger partial charge in [-0.15, -0.1) is 10.2 Å². The molecule has 1 fully saturated rings. The molecule has 170 valence electrons. The molecule has 0 amide bonds. The predicted molar refractivity (Wildman–Crippen MR) is 117 cm³/mol. The zero-order chi connectivity index (χ0) is 22.3. The average Bonchev–Trinajstić information content (AvgIpc) is 3.36. The number of aromatic nitrogens is 4. The van der Waals surface area contributed by atoms with Gasteiger partial charge in [0.1, 0.15) is 17.9 Å². The summed E-state index contributed by atoms with van der Waals surface area (Å²) < 4.78 is 47.2. The van der Waals surface area contributed by atoms with E-state index in [9.17, 15) is 12.8 Å². The van der Waals surface area contributed by atoms with E-state index < -0.39 is 10.0 Å². The molecule has 9 nitrogen and oxygen atoms in total. The van der Waals surface area contributed by atoms with Crippen molar-refractivity contribution in [1.82, 2.24) is 23.9 Å². The highest BCUT2D eigenvalue weighted by Crippen LogP contribution is 2.32. The number of halogens is 1.